The third-order valence-electron chi connectivity index (χ3n) is 2.05. The SMILES string of the molecule is C=CC(C)NC(C)c1ccc(C)o1. The van der Waals surface area contributed by atoms with Crippen molar-refractivity contribution >= 4 is 0 Å². The minimum atomic E-state index is 0.238. The molecule has 0 radical (unpaired) electrons. The highest BCUT2D eigenvalue weighted by Gasteiger charge is 2.09. The van der Waals surface area contributed by atoms with E-state index >= 15 is 0 Å². The fourth-order valence-electron chi connectivity index (χ4n) is 1.23. The zero-order valence-electron chi connectivity index (χ0n) is 8.50. The first-order valence-electron chi connectivity index (χ1n) is 4.58. The van der Waals surface area contributed by atoms with Gasteiger partial charge in [0.15, 0.2) is 0 Å². The van der Waals surface area contributed by atoms with Crippen LogP contribution in [0.1, 0.15) is 31.4 Å². The van der Waals surface area contributed by atoms with Gasteiger partial charge in [-0.3, -0.25) is 0 Å². The lowest BCUT2D eigenvalue weighted by Crippen LogP contribution is -2.26. The van der Waals surface area contributed by atoms with Crippen molar-refractivity contribution in [2.75, 3.05) is 0 Å². The highest BCUT2D eigenvalue weighted by molar-refractivity contribution is 5.09. The number of rotatable bonds is 4. The van der Waals surface area contributed by atoms with Crippen molar-refractivity contribution in [3.05, 3.63) is 36.3 Å². The highest BCUT2D eigenvalue weighted by Crippen LogP contribution is 2.15. The van der Waals surface area contributed by atoms with E-state index in [4.69, 9.17) is 4.42 Å². The van der Waals surface area contributed by atoms with Gasteiger partial charge in [0.05, 0.1) is 6.04 Å². The summed E-state index contributed by atoms with van der Waals surface area (Å²) in [4.78, 5) is 0. The molecule has 0 amide bonds. The van der Waals surface area contributed by atoms with Crippen LogP contribution in [0.3, 0.4) is 0 Å². The van der Waals surface area contributed by atoms with E-state index in [0.717, 1.165) is 11.5 Å². The van der Waals surface area contributed by atoms with Crippen LogP contribution < -0.4 is 5.32 Å². The molecule has 0 aliphatic rings. The average molecular weight is 179 g/mol. The van der Waals surface area contributed by atoms with Crippen LogP contribution in [0.25, 0.3) is 0 Å². The van der Waals surface area contributed by atoms with Crippen LogP contribution in [-0.4, -0.2) is 6.04 Å². The molecule has 1 aromatic heterocycles. The Labute approximate surface area is 79.6 Å². The summed E-state index contributed by atoms with van der Waals surface area (Å²) in [7, 11) is 0. The molecular weight excluding hydrogens is 162 g/mol. The van der Waals surface area contributed by atoms with Crippen molar-refractivity contribution in [2.45, 2.75) is 32.9 Å². The van der Waals surface area contributed by atoms with Crippen molar-refractivity contribution in [3.8, 4) is 0 Å². The Morgan fingerprint density at radius 2 is 2.15 bits per heavy atom. The molecule has 2 heteroatoms. The second kappa shape index (κ2) is 4.28. The molecule has 0 saturated heterocycles. The molecule has 0 bridgehead atoms. The second-order valence-electron chi connectivity index (χ2n) is 3.36. The minimum Gasteiger partial charge on any atom is -0.465 e. The lowest BCUT2D eigenvalue weighted by molar-refractivity contribution is 0.406. The van der Waals surface area contributed by atoms with Gasteiger partial charge in [-0.1, -0.05) is 6.08 Å². The molecule has 72 valence electrons. The Kier molecular flexibility index (Phi) is 3.32. The van der Waals surface area contributed by atoms with Crippen LogP contribution in [0.4, 0.5) is 0 Å². The third kappa shape index (κ3) is 2.74. The predicted octanol–water partition coefficient (Wildman–Crippen LogP) is 2.81. The molecule has 0 aliphatic carbocycles. The quantitative estimate of drug-likeness (QED) is 0.719. The first-order chi connectivity index (χ1) is 6.13. The molecule has 1 heterocycles. The zero-order chi connectivity index (χ0) is 9.84. The molecule has 1 aromatic rings. The number of hydrogen-bond acceptors (Lipinski definition) is 2. The Bertz CT molecular complexity index is 277. The molecule has 2 atom stereocenters. The Morgan fingerprint density at radius 1 is 1.46 bits per heavy atom. The van der Waals surface area contributed by atoms with Gasteiger partial charge in [0.1, 0.15) is 11.5 Å². The smallest absolute Gasteiger partial charge is 0.120 e. The van der Waals surface area contributed by atoms with Gasteiger partial charge in [-0.15, -0.1) is 6.58 Å². The first-order valence-corrected chi connectivity index (χ1v) is 4.58. The van der Waals surface area contributed by atoms with Crippen LogP contribution in [0.2, 0.25) is 0 Å². The van der Waals surface area contributed by atoms with E-state index in [0.29, 0.717) is 6.04 Å². The van der Waals surface area contributed by atoms with Crippen molar-refractivity contribution in [1.29, 1.82) is 0 Å². The van der Waals surface area contributed by atoms with E-state index in [-0.39, 0.29) is 6.04 Å². The number of furan rings is 1. The normalized spacial score (nSPS) is 15.3. The minimum absolute atomic E-state index is 0.238. The lowest BCUT2D eigenvalue weighted by atomic mass is 10.2. The van der Waals surface area contributed by atoms with Crippen molar-refractivity contribution in [2.24, 2.45) is 0 Å². The molecule has 0 spiro atoms. The molecule has 1 N–H and O–H groups in total. The summed E-state index contributed by atoms with van der Waals surface area (Å²) in [6, 6.07) is 4.52. The molecule has 0 saturated carbocycles. The van der Waals surface area contributed by atoms with Crippen LogP contribution in [0, 0.1) is 6.92 Å². The maximum absolute atomic E-state index is 5.49. The third-order valence-corrected chi connectivity index (χ3v) is 2.05. The van der Waals surface area contributed by atoms with Gasteiger partial charge in [0.2, 0.25) is 0 Å². The Hall–Kier alpha value is -1.02. The molecule has 0 fully saturated rings. The lowest BCUT2D eigenvalue weighted by Gasteiger charge is -2.14. The fraction of sp³-hybridized carbons (Fsp3) is 0.455. The summed E-state index contributed by atoms with van der Waals surface area (Å²) < 4.78 is 5.49. The maximum atomic E-state index is 5.49. The van der Waals surface area contributed by atoms with Crippen molar-refractivity contribution in [1.82, 2.24) is 5.32 Å². The van der Waals surface area contributed by atoms with E-state index < -0.39 is 0 Å². The zero-order valence-corrected chi connectivity index (χ0v) is 8.50. The van der Waals surface area contributed by atoms with E-state index in [2.05, 4.69) is 25.7 Å². The molecule has 2 unspecified atom stereocenters. The molecular formula is C11H17NO. The van der Waals surface area contributed by atoms with Crippen LogP contribution >= 0.6 is 0 Å². The number of nitrogens with one attached hydrogen (secondary N) is 1. The molecule has 0 aliphatic heterocycles. The van der Waals surface area contributed by atoms with E-state index in [9.17, 15) is 0 Å². The van der Waals surface area contributed by atoms with Gasteiger partial charge in [0, 0.05) is 6.04 Å². The Balaban J connectivity index is 2.57. The maximum Gasteiger partial charge on any atom is 0.120 e. The summed E-state index contributed by atoms with van der Waals surface area (Å²) >= 11 is 0. The summed E-state index contributed by atoms with van der Waals surface area (Å²) in [5.41, 5.74) is 0. The Morgan fingerprint density at radius 3 is 2.62 bits per heavy atom. The topological polar surface area (TPSA) is 25.2 Å². The van der Waals surface area contributed by atoms with Gasteiger partial charge >= 0.3 is 0 Å². The number of hydrogen-bond donors (Lipinski definition) is 1. The van der Waals surface area contributed by atoms with E-state index in [1.165, 1.54) is 0 Å². The van der Waals surface area contributed by atoms with Crippen LogP contribution in [0.15, 0.2) is 29.2 Å². The van der Waals surface area contributed by atoms with Gasteiger partial charge < -0.3 is 9.73 Å². The summed E-state index contributed by atoms with van der Waals surface area (Å²) in [6.45, 7) is 9.82. The molecule has 0 aromatic carbocycles. The monoisotopic (exact) mass is 179 g/mol. The fourth-order valence-corrected chi connectivity index (χ4v) is 1.23. The molecule has 1 rings (SSSR count). The average Bonchev–Trinajstić information content (AvgIpc) is 2.51. The summed E-state index contributed by atoms with van der Waals surface area (Å²) in [5, 5.41) is 3.35. The molecule has 2 nitrogen and oxygen atoms in total. The van der Waals surface area contributed by atoms with Crippen LogP contribution in [-0.2, 0) is 0 Å². The van der Waals surface area contributed by atoms with Gasteiger partial charge in [-0.2, -0.15) is 0 Å². The standard InChI is InChI=1S/C11H17NO/c1-5-8(2)12-10(4)11-7-6-9(3)13-11/h5-8,10,12H,1H2,2-4H3. The number of aryl methyl sites for hydroxylation is 1. The first kappa shape index (κ1) is 10.1. The van der Waals surface area contributed by atoms with Gasteiger partial charge in [0.25, 0.3) is 0 Å². The largest absolute Gasteiger partial charge is 0.465 e. The van der Waals surface area contributed by atoms with Crippen LogP contribution in [0.5, 0.6) is 0 Å². The van der Waals surface area contributed by atoms with Gasteiger partial charge in [-0.05, 0) is 32.9 Å². The predicted molar refractivity (Wildman–Crippen MR) is 54.7 cm³/mol. The van der Waals surface area contributed by atoms with Crippen molar-refractivity contribution in [3.63, 3.8) is 0 Å². The van der Waals surface area contributed by atoms with E-state index in [1.54, 1.807) is 0 Å². The second-order valence-corrected chi connectivity index (χ2v) is 3.36. The summed E-state index contributed by atoms with van der Waals surface area (Å²) in [5.74, 6) is 1.93. The molecule has 13 heavy (non-hydrogen) atoms. The summed E-state index contributed by atoms with van der Waals surface area (Å²) in [6.07, 6.45) is 1.88. The highest BCUT2D eigenvalue weighted by atomic mass is 16.3. The van der Waals surface area contributed by atoms with Crippen molar-refractivity contribution < 1.29 is 4.42 Å². The van der Waals surface area contributed by atoms with E-state index in [1.807, 2.05) is 25.1 Å². The van der Waals surface area contributed by atoms with Gasteiger partial charge in [-0.25, -0.2) is 0 Å².